The van der Waals surface area contributed by atoms with Crippen LogP contribution in [0.2, 0.25) is 6.82 Å². The average Bonchev–Trinajstić information content (AvgIpc) is 2.85. The number of benzene rings is 3. The monoisotopic (exact) mass is 426 g/mol. The van der Waals surface area contributed by atoms with Gasteiger partial charge in [0.05, 0.1) is 5.56 Å². The highest BCUT2D eigenvalue weighted by atomic mass is 16.5. The van der Waals surface area contributed by atoms with Crippen molar-refractivity contribution in [2.24, 2.45) is 0 Å². The van der Waals surface area contributed by atoms with Crippen LogP contribution in [0.15, 0.2) is 72.8 Å². The van der Waals surface area contributed by atoms with Gasteiger partial charge >= 0.3 is 0 Å². The Bertz CT molecular complexity index is 1020. The Morgan fingerprint density at radius 2 is 1.72 bits per heavy atom. The van der Waals surface area contributed by atoms with Gasteiger partial charge in [0.1, 0.15) is 12.4 Å². The molecule has 0 aliphatic heterocycles. The summed E-state index contributed by atoms with van der Waals surface area (Å²) in [4.78, 5) is 13.2. The molecule has 0 heterocycles. The number of amides is 1. The molecular formula is C27H31BN2O2. The van der Waals surface area contributed by atoms with Gasteiger partial charge in [0, 0.05) is 17.4 Å². The van der Waals surface area contributed by atoms with E-state index < -0.39 is 0 Å². The molecule has 2 N–H and O–H groups in total. The number of rotatable bonds is 8. The Hall–Kier alpha value is -3.21. The van der Waals surface area contributed by atoms with Gasteiger partial charge in [-0.25, -0.2) is 0 Å². The number of hydrogen-bond donors (Lipinski definition) is 2. The summed E-state index contributed by atoms with van der Waals surface area (Å²) in [7, 11) is 0.900. The normalized spacial score (nSPS) is 13.9. The van der Waals surface area contributed by atoms with Crippen LogP contribution < -0.4 is 20.8 Å². The fourth-order valence-corrected chi connectivity index (χ4v) is 4.17. The van der Waals surface area contributed by atoms with Crippen LogP contribution in [-0.2, 0) is 6.61 Å². The van der Waals surface area contributed by atoms with E-state index in [1.165, 1.54) is 32.1 Å². The molecule has 0 radical (unpaired) electrons. The molecule has 0 spiro atoms. The summed E-state index contributed by atoms with van der Waals surface area (Å²) in [5.74, 6) is 0.691. The third-order valence-corrected chi connectivity index (χ3v) is 6.06. The van der Waals surface area contributed by atoms with Crippen molar-refractivity contribution in [3.8, 4) is 5.75 Å². The van der Waals surface area contributed by atoms with Crippen molar-refractivity contribution in [1.29, 1.82) is 0 Å². The molecule has 3 aromatic rings. The Balaban J connectivity index is 1.42. The molecule has 4 rings (SSSR count). The molecule has 0 atom stereocenters. The molecule has 1 aliphatic carbocycles. The van der Waals surface area contributed by atoms with Crippen LogP contribution in [0, 0.1) is 0 Å². The fraction of sp³-hybridized carbons (Fsp3) is 0.296. The molecule has 5 heteroatoms. The number of hydrogen-bond acceptors (Lipinski definition) is 3. The highest BCUT2D eigenvalue weighted by molar-refractivity contribution is 6.52. The van der Waals surface area contributed by atoms with Crippen molar-refractivity contribution >= 4 is 30.0 Å². The van der Waals surface area contributed by atoms with Crippen molar-refractivity contribution in [3.05, 3.63) is 83.9 Å². The third-order valence-electron chi connectivity index (χ3n) is 6.06. The van der Waals surface area contributed by atoms with Crippen LogP contribution in [0.4, 0.5) is 11.4 Å². The predicted molar refractivity (Wildman–Crippen MR) is 135 cm³/mol. The summed E-state index contributed by atoms with van der Waals surface area (Å²) in [5, 5.41) is 6.68. The molecule has 4 nitrogen and oxygen atoms in total. The van der Waals surface area contributed by atoms with Gasteiger partial charge in [-0.3, -0.25) is 4.79 Å². The number of anilines is 2. The topological polar surface area (TPSA) is 50.4 Å². The second-order valence-electron chi connectivity index (χ2n) is 8.47. The van der Waals surface area contributed by atoms with E-state index in [0.29, 0.717) is 18.2 Å². The molecule has 1 fully saturated rings. The first kappa shape index (κ1) is 22.0. The van der Waals surface area contributed by atoms with Gasteiger partial charge in [0.2, 0.25) is 0 Å². The number of carbonyl (C=O) groups excluding carboxylic acids is 1. The molecule has 164 valence electrons. The average molecular weight is 426 g/mol. The third kappa shape index (κ3) is 5.94. The summed E-state index contributed by atoms with van der Waals surface area (Å²) in [5.41, 5.74) is 4.68. The van der Waals surface area contributed by atoms with E-state index >= 15 is 0 Å². The molecule has 0 bridgehead atoms. The van der Waals surface area contributed by atoms with Gasteiger partial charge in [0.15, 0.2) is 7.28 Å². The zero-order valence-corrected chi connectivity index (χ0v) is 18.8. The van der Waals surface area contributed by atoms with Crippen molar-refractivity contribution in [1.82, 2.24) is 0 Å². The van der Waals surface area contributed by atoms with Crippen LogP contribution in [0.3, 0.4) is 0 Å². The van der Waals surface area contributed by atoms with Crippen LogP contribution in [0.1, 0.15) is 48.0 Å². The lowest BCUT2D eigenvalue weighted by atomic mass is 9.73. The number of ether oxygens (including phenoxy) is 1. The van der Waals surface area contributed by atoms with Crippen molar-refractivity contribution in [2.45, 2.75) is 51.6 Å². The van der Waals surface area contributed by atoms with Gasteiger partial charge in [0.25, 0.3) is 5.91 Å². The summed E-state index contributed by atoms with van der Waals surface area (Å²) < 4.78 is 5.85. The lowest BCUT2D eigenvalue weighted by molar-refractivity contribution is 0.102. The van der Waals surface area contributed by atoms with Gasteiger partial charge in [-0.2, -0.15) is 0 Å². The second-order valence-corrected chi connectivity index (χ2v) is 8.47. The number of nitrogens with one attached hydrogen (secondary N) is 2. The standard InChI is InChI=1S/C27H31BN2O2/c1-28-21-12-17-26(29-22-10-6-3-7-11-22)25(18-21)27(31)30-23-13-15-24(16-14-23)32-19-20-8-4-2-5-9-20/h2,4-5,8-9,12-18,22,28-29H,3,6-7,10-11,19H2,1H3,(H,30,31). The first-order chi connectivity index (χ1) is 15.7. The van der Waals surface area contributed by atoms with Gasteiger partial charge in [-0.15, -0.1) is 0 Å². The summed E-state index contributed by atoms with van der Waals surface area (Å²) in [6, 6.07) is 24.3. The molecule has 0 saturated heterocycles. The maximum atomic E-state index is 13.2. The molecule has 0 unspecified atom stereocenters. The maximum Gasteiger partial charge on any atom is 0.257 e. The number of carbonyl (C=O) groups is 1. The van der Waals surface area contributed by atoms with E-state index in [1.54, 1.807) is 0 Å². The van der Waals surface area contributed by atoms with E-state index in [2.05, 4.69) is 29.6 Å². The molecular weight excluding hydrogens is 395 g/mol. The van der Waals surface area contributed by atoms with E-state index in [9.17, 15) is 4.79 Å². The van der Waals surface area contributed by atoms with Crippen molar-refractivity contribution in [2.75, 3.05) is 10.6 Å². The maximum absolute atomic E-state index is 13.2. The predicted octanol–water partition coefficient (Wildman–Crippen LogP) is 5.37. The second kappa shape index (κ2) is 10.9. The SMILES string of the molecule is CBc1ccc(NC2CCCCC2)c(C(=O)Nc2ccc(OCc3ccccc3)cc2)c1. The molecule has 1 saturated carbocycles. The van der Waals surface area contributed by atoms with E-state index in [0.717, 1.165) is 35.4 Å². The fourth-order valence-electron chi connectivity index (χ4n) is 4.17. The largest absolute Gasteiger partial charge is 0.489 e. The Kier molecular flexibility index (Phi) is 7.49. The van der Waals surface area contributed by atoms with E-state index in [4.69, 9.17) is 4.74 Å². The summed E-state index contributed by atoms with van der Waals surface area (Å²) in [6.45, 7) is 2.63. The van der Waals surface area contributed by atoms with Crippen LogP contribution in [0.25, 0.3) is 0 Å². The minimum atomic E-state index is -0.0865. The zero-order chi connectivity index (χ0) is 22.2. The van der Waals surface area contributed by atoms with Crippen LogP contribution in [-0.4, -0.2) is 19.2 Å². The Labute approximate surface area is 191 Å². The van der Waals surface area contributed by atoms with Gasteiger partial charge < -0.3 is 15.4 Å². The molecule has 3 aromatic carbocycles. The molecule has 1 amide bonds. The molecule has 32 heavy (non-hydrogen) atoms. The highest BCUT2D eigenvalue weighted by Crippen LogP contribution is 2.25. The van der Waals surface area contributed by atoms with Crippen molar-refractivity contribution < 1.29 is 9.53 Å². The Morgan fingerprint density at radius 3 is 2.44 bits per heavy atom. The summed E-state index contributed by atoms with van der Waals surface area (Å²) >= 11 is 0. The van der Waals surface area contributed by atoms with Crippen LogP contribution in [0.5, 0.6) is 5.75 Å². The minimum absolute atomic E-state index is 0.0865. The van der Waals surface area contributed by atoms with Crippen LogP contribution >= 0.6 is 0 Å². The minimum Gasteiger partial charge on any atom is -0.489 e. The Morgan fingerprint density at radius 1 is 0.969 bits per heavy atom. The lowest BCUT2D eigenvalue weighted by Gasteiger charge is -2.25. The smallest absolute Gasteiger partial charge is 0.257 e. The quantitative estimate of drug-likeness (QED) is 0.476. The highest BCUT2D eigenvalue weighted by Gasteiger charge is 2.18. The molecule has 0 aromatic heterocycles. The lowest BCUT2D eigenvalue weighted by Crippen LogP contribution is -2.26. The van der Waals surface area contributed by atoms with E-state index in [-0.39, 0.29) is 5.91 Å². The van der Waals surface area contributed by atoms with E-state index in [1.807, 2.05) is 60.7 Å². The van der Waals surface area contributed by atoms with Gasteiger partial charge in [-0.1, -0.05) is 74.0 Å². The summed E-state index contributed by atoms with van der Waals surface area (Å²) in [6.07, 6.45) is 6.16. The first-order valence-electron chi connectivity index (χ1n) is 11.7. The first-order valence-corrected chi connectivity index (χ1v) is 11.7. The zero-order valence-electron chi connectivity index (χ0n) is 18.8. The molecule has 1 aliphatic rings. The van der Waals surface area contributed by atoms with Crippen molar-refractivity contribution in [3.63, 3.8) is 0 Å². The van der Waals surface area contributed by atoms with Gasteiger partial charge in [-0.05, 0) is 48.7 Å².